The third-order valence-electron chi connectivity index (χ3n) is 5.56. The molecular formula is C19H25NO3. The number of rotatable bonds is 4. The van der Waals surface area contributed by atoms with Crippen molar-refractivity contribution in [3.63, 3.8) is 0 Å². The van der Waals surface area contributed by atoms with Gasteiger partial charge in [-0.2, -0.15) is 0 Å². The lowest BCUT2D eigenvalue weighted by atomic mass is 9.56. The average Bonchev–Trinajstić information content (AvgIpc) is 2.56. The highest BCUT2D eigenvalue weighted by Gasteiger charge is 2.57. The number of likely N-dealkylation sites (tertiary alicyclic amines) is 1. The number of nitrogens with zero attached hydrogens (tertiary/aromatic N) is 1. The van der Waals surface area contributed by atoms with Gasteiger partial charge in [0, 0.05) is 31.3 Å². The van der Waals surface area contributed by atoms with Crippen molar-refractivity contribution >= 4 is 5.78 Å². The molecule has 1 aliphatic carbocycles. The van der Waals surface area contributed by atoms with Crippen LogP contribution in [0.3, 0.4) is 0 Å². The highest BCUT2D eigenvalue weighted by Crippen LogP contribution is 2.51. The van der Waals surface area contributed by atoms with E-state index in [9.17, 15) is 9.90 Å². The highest BCUT2D eigenvalue weighted by atomic mass is 16.5. The molecule has 0 unspecified atom stereocenters. The third-order valence-corrected chi connectivity index (χ3v) is 5.56. The topological polar surface area (TPSA) is 49.8 Å². The number of ether oxygens (including phenoxy) is 1. The second-order valence-corrected chi connectivity index (χ2v) is 6.83. The van der Waals surface area contributed by atoms with E-state index in [1.807, 2.05) is 30.3 Å². The van der Waals surface area contributed by atoms with E-state index < -0.39 is 11.0 Å². The molecule has 0 aromatic heterocycles. The summed E-state index contributed by atoms with van der Waals surface area (Å²) in [5, 5.41) is 11.5. The smallest absolute Gasteiger partial charge is 0.134 e. The summed E-state index contributed by atoms with van der Waals surface area (Å²) >= 11 is 0. The van der Waals surface area contributed by atoms with E-state index in [0.29, 0.717) is 25.8 Å². The Hall–Kier alpha value is -1.65. The van der Waals surface area contributed by atoms with E-state index >= 15 is 0 Å². The SMILES string of the molecule is C=CCN1CC[C@]2(c3cccc(OC)c3)CC(=O)CC[C@@]2(O)C1. The van der Waals surface area contributed by atoms with Crippen LogP contribution in [0.1, 0.15) is 31.2 Å². The van der Waals surface area contributed by atoms with Crippen LogP contribution in [-0.4, -0.2) is 48.1 Å². The molecule has 1 N–H and O–H groups in total. The van der Waals surface area contributed by atoms with E-state index in [1.54, 1.807) is 7.11 Å². The van der Waals surface area contributed by atoms with E-state index in [-0.39, 0.29) is 5.78 Å². The molecule has 2 fully saturated rings. The first-order valence-corrected chi connectivity index (χ1v) is 8.25. The van der Waals surface area contributed by atoms with Crippen molar-refractivity contribution in [2.45, 2.75) is 36.7 Å². The first-order valence-electron chi connectivity index (χ1n) is 8.25. The molecule has 1 heterocycles. The number of carbonyl (C=O) groups is 1. The van der Waals surface area contributed by atoms with E-state index in [2.05, 4.69) is 11.5 Å². The average molecular weight is 315 g/mol. The molecule has 1 aromatic carbocycles. The number of Topliss-reactive ketones (excluding diaryl/α,β-unsaturated/α-hetero) is 1. The number of hydrogen-bond donors (Lipinski definition) is 1. The van der Waals surface area contributed by atoms with Crippen LogP contribution in [0.15, 0.2) is 36.9 Å². The molecule has 2 aliphatic rings. The maximum atomic E-state index is 12.2. The normalized spacial score (nSPS) is 31.5. The fourth-order valence-corrected chi connectivity index (χ4v) is 4.30. The summed E-state index contributed by atoms with van der Waals surface area (Å²) < 4.78 is 5.35. The fourth-order valence-electron chi connectivity index (χ4n) is 4.30. The summed E-state index contributed by atoms with van der Waals surface area (Å²) in [5.74, 6) is 1.01. The quantitative estimate of drug-likeness (QED) is 0.866. The fraction of sp³-hybridized carbons (Fsp3) is 0.526. The van der Waals surface area contributed by atoms with Gasteiger partial charge in [0.15, 0.2) is 0 Å². The molecule has 23 heavy (non-hydrogen) atoms. The van der Waals surface area contributed by atoms with Crippen molar-refractivity contribution in [3.05, 3.63) is 42.5 Å². The number of fused-ring (bicyclic) bond motifs is 1. The van der Waals surface area contributed by atoms with Crippen LogP contribution in [0.2, 0.25) is 0 Å². The van der Waals surface area contributed by atoms with Crippen molar-refractivity contribution < 1.29 is 14.6 Å². The summed E-state index contributed by atoms with van der Waals surface area (Å²) in [4.78, 5) is 14.5. The number of aliphatic hydroxyl groups is 1. The number of benzene rings is 1. The lowest BCUT2D eigenvalue weighted by Crippen LogP contribution is -2.65. The molecule has 1 saturated heterocycles. The molecular weight excluding hydrogens is 290 g/mol. The number of β-amino-alcohol motifs (C(OH)–C–C–N with tert-alkyl or cyclic N) is 1. The van der Waals surface area contributed by atoms with Gasteiger partial charge in [0.2, 0.25) is 0 Å². The molecule has 0 bridgehead atoms. The Kier molecular flexibility index (Phi) is 4.30. The first-order chi connectivity index (χ1) is 11.0. The highest BCUT2D eigenvalue weighted by molar-refractivity contribution is 5.82. The van der Waals surface area contributed by atoms with Gasteiger partial charge in [-0.3, -0.25) is 9.69 Å². The lowest BCUT2D eigenvalue weighted by molar-refractivity contribution is -0.146. The van der Waals surface area contributed by atoms with Crippen LogP contribution in [0.25, 0.3) is 0 Å². The molecule has 2 atom stereocenters. The predicted octanol–water partition coefficient (Wildman–Crippen LogP) is 2.31. The van der Waals surface area contributed by atoms with Gasteiger partial charge in [-0.15, -0.1) is 6.58 Å². The summed E-state index contributed by atoms with van der Waals surface area (Å²) in [6.07, 6.45) is 4.05. The lowest BCUT2D eigenvalue weighted by Gasteiger charge is -2.56. The van der Waals surface area contributed by atoms with E-state index in [1.165, 1.54) is 0 Å². The minimum absolute atomic E-state index is 0.245. The minimum atomic E-state index is -0.880. The second-order valence-electron chi connectivity index (χ2n) is 6.83. The van der Waals surface area contributed by atoms with Gasteiger partial charge in [0.05, 0.1) is 12.7 Å². The summed E-state index contributed by atoms with van der Waals surface area (Å²) in [5.41, 5.74) is -0.367. The number of carbonyl (C=O) groups excluding carboxylic acids is 1. The van der Waals surface area contributed by atoms with Crippen LogP contribution in [0.5, 0.6) is 5.75 Å². The Morgan fingerprint density at radius 1 is 1.43 bits per heavy atom. The van der Waals surface area contributed by atoms with Crippen LogP contribution >= 0.6 is 0 Å². The standard InChI is InChI=1S/C19H25NO3/c1-3-10-20-11-9-18(15-5-4-6-17(12-15)23-2)13-16(21)7-8-19(18,22)14-20/h3-6,12,22H,1,7-11,13-14H2,2H3/t18-,19-/m1/s1. The monoisotopic (exact) mass is 315 g/mol. The van der Waals surface area contributed by atoms with Crippen molar-refractivity contribution in [3.8, 4) is 5.75 Å². The van der Waals surface area contributed by atoms with Crippen LogP contribution < -0.4 is 4.74 Å². The van der Waals surface area contributed by atoms with E-state index in [0.717, 1.165) is 30.8 Å². The molecule has 0 spiro atoms. The van der Waals surface area contributed by atoms with Gasteiger partial charge in [0.1, 0.15) is 11.5 Å². The Morgan fingerprint density at radius 2 is 2.26 bits per heavy atom. The Bertz CT molecular complexity index is 614. The van der Waals surface area contributed by atoms with E-state index in [4.69, 9.17) is 4.74 Å². The molecule has 1 aromatic rings. The van der Waals surface area contributed by atoms with Crippen LogP contribution in [0, 0.1) is 0 Å². The Morgan fingerprint density at radius 3 is 3.00 bits per heavy atom. The molecule has 4 nitrogen and oxygen atoms in total. The molecule has 3 rings (SSSR count). The zero-order valence-corrected chi connectivity index (χ0v) is 13.8. The molecule has 1 aliphatic heterocycles. The van der Waals surface area contributed by atoms with Crippen molar-refractivity contribution in [1.82, 2.24) is 4.90 Å². The predicted molar refractivity (Wildman–Crippen MR) is 89.7 cm³/mol. The zero-order valence-electron chi connectivity index (χ0n) is 13.8. The maximum Gasteiger partial charge on any atom is 0.134 e. The van der Waals surface area contributed by atoms with Gasteiger partial charge in [-0.25, -0.2) is 0 Å². The largest absolute Gasteiger partial charge is 0.497 e. The van der Waals surface area contributed by atoms with Gasteiger partial charge in [-0.05, 0) is 37.1 Å². The number of hydrogen-bond acceptors (Lipinski definition) is 4. The third kappa shape index (κ3) is 2.70. The van der Waals surface area contributed by atoms with Crippen molar-refractivity contribution in [1.29, 1.82) is 0 Å². The molecule has 0 amide bonds. The molecule has 124 valence electrons. The Balaban J connectivity index is 2.03. The van der Waals surface area contributed by atoms with Gasteiger partial charge in [0.25, 0.3) is 0 Å². The van der Waals surface area contributed by atoms with Crippen LogP contribution in [0.4, 0.5) is 0 Å². The van der Waals surface area contributed by atoms with Crippen molar-refractivity contribution in [2.75, 3.05) is 26.7 Å². The first kappa shape index (κ1) is 16.2. The molecule has 4 heteroatoms. The maximum absolute atomic E-state index is 12.2. The number of ketones is 1. The van der Waals surface area contributed by atoms with Gasteiger partial charge in [-0.1, -0.05) is 18.2 Å². The Labute approximate surface area is 137 Å². The van der Waals surface area contributed by atoms with Gasteiger partial charge >= 0.3 is 0 Å². The minimum Gasteiger partial charge on any atom is -0.497 e. The second kappa shape index (κ2) is 6.10. The zero-order chi connectivity index (χ0) is 16.5. The number of methoxy groups -OCH3 is 1. The summed E-state index contributed by atoms with van der Waals surface area (Å²) in [6.45, 7) is 6.01. The molecule has 0 radical (unpaired) electrons. The summed E-state index contributed by atoms with van der Waals surface area (Å²) in [6, 6.07) is 7.84. The van der Waals surface area contributed by atoms with Crippen LogP contribution in [-0.2, 0) is 10.2 Å². The van der Waals surface area contributed by atoms with Gasteiger partial charge < -0.3 is 9.84 Å². The number of piperidine rings is 1. The van der Waals surface area contributed by atoms with Crippen molar-refractivity contribution in [2.24, 2.45) is 0 Å². The summed E-state index contributed by atoms with van der Waals surface area (Å²) in [7, 11) is 1.64. The molecule has 1 saturated carbocycles.